The van der Waals surface area contributed by atoms with Crippen LogP contribution in [0.2, 0.25) is 0 Å². The minimum atomic E-state index is 1.00. The van der Waals surface area contributed by atoms with Crippen LogP contribution in [0, 0.1) is 0 Å². The number of hydrogen-bond acceptors (Lipinski definition) is 1. The Kier molecular flexibility index (Phi) is 4.18. The smallest absolute Gasteiger partial charge is 0.0555 e. The number of nitrogens with zero attached hydrogens (tertiary/aromatic N) is 1. The molecule has 2 heteroatoms. The summed E-state index contributed by atoms with van der Waals surface area (Å²) in [4.78, 5) is 0. The number of aromatic nitrogens is 1. The summed E-state index contributed by atoms with van der Waals surface area (Å²) >= 11 is 1.95. The monoisotopic (exact) mass is 537 g/mol. The molecule has 0 unspecified atom stereocenters. The second-order valence-electron chi connectivity index (χ2n) is 11.3. The number of thiophene rings is 1. The van der Waals surface area contributed by atoms with E-state index in [0.717, 1.165) is 6.42 Å². The Morgan fingerprint density at radius 1 is 0.537 bits per heavy atom. The van der Waals surface area contributed by atoms with Crippen LogP contribution in [0.5, 0.6) is 0 Å². The second-order valence-corrected chi connectivity index (χ2v) is 12.3. The third-order valence-corrected chi connectivity index (χ3v) is 10.4. The van der Waals surface area contributed by atoms with Gasteiger partial charge in [-0.1, -0.05) is 97.1 Å². The number of para-hydroxylation sites is 1. The van der Waals surface area contributed by atoms with Gasteiger partial charge >= 0.3 is 0 Å². The summed E-state index contributed by atoms with van der Waals surface area (Å²) in [5, 5.41) is 10.7. The van der Waals surface area contributed by atoms with Crippen molar-refractivity contribution in [2.45, 2.75) is 6.42 Å². The molecule has 1 nitrogen and oxygen atoms in total. The zero-order chi connectivity index (χ0) is 26.7. The van der Waals surface area contributed by atoms with Gasteiger partial charge in [0.1, 0.15) is 0 Å². The Morgan fingerprint density at radius 3 is 2.22 bits per heavy atom. The molecule has 1 aliphatic carbocycles. The fourth-order valence-corrected chi connectivity index (χ4v) is 8.67. The van der Waals surface area contributed by atoms with E-state index in [9.17, 15) is 0 Å². The number of hydrogen-bond donors (Lipinski definition) is 0. The lowest BCUT2D eigenvalue weighted by Crippen LogP contribution is -1.93. The number of benzene rings is 7. The van der Waals surface area contributed by atoms with Crippen molar-refractivity contribution in [3.63, 3.8) is 0 Å². The van der Waals surface area contributed by atoms with Crippen molar-refractivity contribution >= 4 is 74.9 Å². The normalized spacial score (nSPS) is 12.8. The van der Waals surface area contributed by atoms with Crippen LogP contribution in [0.3, 0.4) is 0 Å². The first-order chi connectivity index (χ1) is 20.3. The number of fused-ring (bicyclic) bond motifs is 14. The van der Waals surface area contributed by atoms with E-state index >= 15 is 0 Å². The third kappa shape index (κ3) is 2.85. The first kappa shape index (κ1) is 21.8. The van der Waals surface area contributed by atoms with Crippen molar-refractivity contribution in [2.75, 3.05) is 0 Å². The molecule has 0 saturated carbocycles. The van der Waals surface area contributed by atoms with Gasteiger partial charge in [0.05, 0.1) is 11.0 Å². The quantitative estimate of drug-likeness (QED) is 0.196. The lowest BCUT2D eigenvalue weighted by molar-refractivity contribution is 1.19. The van der Waals surface area contributed by atoms with Crippen molar-refractivity contribution in [2.24, 2.45) is 0 Å². The molecular weight excluding hydrogens is 515 g/mol. The average Bonchev–Trinajstić information content (AvgIpc) is 3.69. The summed E-state index contributed by atoms with van der Waals surface area (Å²) in [6.07, 6.45) is 1.00. The molecule has 190 valence electrons. The topological polar surface area (TPSA) is 4.93 Å². The summed E-state index contributed by atoms with van der Waals surface area (Å²) in [5.41, 5.74) is 9.48. The van der Waals surface area contributed by atoms with Gasteiger partial charge in [-0.3, -0.25) is 0 Å². The highest BCUT2D eigenvalue weighted by molar-refractivity contribution is 7.27. The Morgan fingerprint density at radius 2 is 1.29 bits per heavy atom. The van der Waals surface area contributed by atoms with Crippen molar-refractivity contribution < 1.29 is 0 Å². The van der Waals surface area contributed by atoms with Crippen molar-refractivity contribution in [1.29, 1.82) is 0 Å². The molecule has 0 radical (unpaired) electrons. The predicted octanol–water partition coefficient (Wildman–Crippen LogP) is 11.0. The van der Waals surface area contributed by atoms with Crippen molar-refractivity contribution in [1.82, 2.24) is 4.57 Å². The maximum atomic E-state index is 2.49. The zero-order valence-corrected chi connectivity index (χ0v) is 23.0. The van der Waals surface area contributed by atoms with E-state index in [4.69, 9.17) is 0 Å². The maximum absolute atomic E-state index is 2.49. The molecule has 7 aromatic carbocycles. The molecule has 2 aromatic heterocycles. The highest BCUT2D eigenvalue weighted by Crippen LogP contribution is 2.51. The van der Waals surface area contributed by atoms with Crippen LogP contribution in [-0.2, 0) is 6.42 Å². The first-order valence-electron chi connectivity index (χ1n) is 14.2. The summed E-state index contributed by atoms with van der Waals surface area (Å²) in [6, 6.07) is 47.3. The largest absolute Gasteiger partial charge is 0.309 e. The molecule has 2 heterocycles. The molecule has 0 spiro atoms. The van der Waals surface area contributed by atoms with E-state index in [0.29, 0.717) is 0 Å². The summed E-state index contributed by atoms with van der Waals surface area (Å²) in [6.45, 7) is 0. The summed E-state index contributed by atoms with van der Waals surface area (Å²) < 4.78 is 5.21. The molecule has 1 aliphatic rings. The molecule has 10 rings (SSSR count). The van der Waals surface area contributed by atoms with E-state index in [1.165, 1.54) is 91.5 Å². The molecule has 0 saturated heterocycles. The molecule has 0 fully saturated rings. The van der Waals surface area contributed by atoms with E-state index in [-0.39, 0.29) is 0 Å². The van der Waals surface area contributed by atoms with Gasteiger partial charge in [0.25, 0.3) is 0 Å². The van der Waals surface area contributed by atoms with Crippen molar-refractivity contribution in [3.8, 4) is 16.8 Å². The molecule has 0 amide bonds. The van der Waals surface area contributed by atoms with E-state index < -0.39 is 0 Å². The predicted molar refractivity (Wildman–Crippen MR) is 177 cm³/mol. The minimum Gasteiger partial charge on any atom is -0.309 e. The highest BCUT2D eigenvalue weighted by atomic mass is 32.1. The SMILES string of the molecule is c1ccc2c(c1)Cc1c-2c2c3cc4c5ccccc5n(-c5ccc6ccccc6c5)c4cc3sc2c2ccccc12. The third-order valence-electron chi connectivity index (χ3n) is 9.18. The summed E-state index contributed by atoms with van der Waals surface area (Å²) in [7, 11) is 0. The van der Waals surface area contributed by atoms with Gasteiger partial charge in [0.2, 0.25) is 0 Å². The van der Waals surface area contributed by atoms with Gasteiger partial charge in [-0.15, -0.1) is 11.3 Å². The van der Waals surface area contributed by atoms with Crippen LogP contribution >= 0.6 is 11.3 Å². The molecule has 9 aromatic rings. The Balaban J connectivity index is 1.38. The molecule has 0 bridgehead atoms. The van der Waals surface area contributed by atoms with Crippen LogP contribution in [0.1, 0.15) is 11.1 Å². The Labute approximate surface area is 240 Å². The van der Waals surface area contributed by atoms with E-state index in [2.05, 4.69) is 132 Å². The second kappa shape index (κ2) is 7.84. The van der Waals surface area contributed by atoms with Crippen LogP contribution < -0.4 is 0 Å². The van der Waals surface area contributed by atoms with Gasteiger partial charge in [-0.2, -0.15) is 0 Å². The summed E-state index contributed by atoms with van der Waals surface area (Å²) in [5.74, 6) is 0. The van der Waals surface area contributed by atoms with Gasteiger partial charge in [0.15, 0.2) is 0 Å². The Hall–Kier alpha value is -4.92. The van der Waals surface area contributed by atoms with Crippen LogP contribution in [-0.4, -0.2) is 4.57 Å². The standard InChI is InChI=1S/C39H23NS/c1-2-10-24-19-26(18-17-23(24)9-1)40-34-16-8-7-14-29(34)31-21-33-36(22-35(31)40)41-39-30-15-6-5-13-28(30)32-20-25-11-3-4-12-27(25)37(32)38(33)39/h1-19,21-22H,20H2. The number of rotatable bonds is 1. The minimum absolute atomic E-state index is 1.00. The average molecular weight is 538 g/mol. The molecule has 41 heavy (non-hydrogen) atoms. The maximum Gasteiger partial charge on any atom is 0.0555 e. The lowest BCUT2D eigenvalue weighted by Gasteiger charge is -2.10. The molecule has 0 N–H and O–H groups in total. The van der Waals surface area contributed by atoms with Crippen molar-refractivity contribution in [3.05, 3.63) is 139 Å². The van der Waals surface area contributed by atoms with Gasteiger partial charge < -0.3 is 4.57 Å². The van der Waals surface area contributed by atoms with Crippen LogP contribution in [0.4, 0.5) is 0 Å². The molecular formula is C39H23NS. The lowest BCUT2D eigenvalue weighted by atomic mass is 9.93. The molecule has 0 aliphatic heterocycles. The first-order valence-corrected chi connectivity index (χ1v) is 15.1. The molecule has 0 atom stereocenters. The van der Waals surface area contributed by atoms with Crippen LogP contribution in [0.25, 0.3) is 80.3 Å². The Bertz CT molecular complexity index is 2560. The fourth-order valence-electron chi connectivity index (χ4n) is 7.41. The zero-order valence-electron chi connectivity index (χ0n) is 22.2. The fraction of sp³-hybridized carbons (Fsp3) is 0.0256. The van der Waals surface area contributed by atoms with Crippen LogP contribution in [0.15, 0.2) is 127 Å². The van der Waals surface area contributed by atoms with E-state index in [1.807, 2.05) is 11.3 Å². The van der Waals surface area contributed by atoms with Gasteiger partial charge in [-0.05, 0) is 80.6 Å². The van der Waals surface area contributed by atoms with E-state index in [1.54, 1.807) is 0 Å². The van der Waals surface area contributed by atoms with Gasteiger partial charge in [-0.25, -0.2) is 0 Å². The van der Waals surface area contributed by atoms with Gasteiger partial charge in [0, 0.05) is 36.6 Å². The highest BCUT2D eigenvalue weighted by Gasteiger charge is 2.26.